The van der Waals surface area contributed by atoms with Crippen LogP contribution in [-0.2, 0) is 16.4 Å². The molecule has 4 rings (SSSR count). The van der Waals surface area contributed by atoms with Crippen LogP contribution >= 0.6 is 11.6 Å². The molecule has 29 heavy (non-hydrogen) atoms. The van der Waals surface area contributed by atoms with Crippen LogP contribution in [0.25, 0.3) is 10.9 Å². The molecule has 0 unspecified atom stereocenters. The maximum Gasteiger partial charge on any atom is 0.210 e. The zero-order valence-corrected chi connectivity index (χ0v) is 16.7. The van der Waals surface area contributed by atoms with E-state index >= 15 is 0 Å². The average molecular weight is 427 g/mol. The maximum absolute atomic E-state index is 13.3. The van der Waals surface area contributed by atoms with Gasteiger partial charge in [-0.05, 0) is 48.0 Å². The highest BCUT2D eigenvalue weighted by atomic mass is 35.5. The summed E-state index contributed by atoms with van der Waals surface area (Å²) in [7, 11) is -3.83. The van der Waals surface area contributed by atoms with Crippen LogP contribution in [0.1, 0.15) is 5.56 Å². The average Bonchev–Trinajstić information content (AvgIpc) is 2.73. The molecular weight excluding hydrogens is 411 g/mol. The van der Waals surface area contributed by atoms with E-state index in [4.69, 9.17) is 11.6 Å². The molecule has 0 saturated carbocycles. The molecule has 0 atom stereocenters. The molecule has 0 spiro atoms. The Morgan fingerprint density at radius 2 is 1.62 bits per heavy atom. The van der Waals surface area contributed by atoms with Gasteiger partial charge < -0.3 is 5.32 Å². The molecule has 0 saturated heterocycles. The summed E-state index contributed by atoms with van der Waals surface area (Å²) in [5, 5.41) is 4.35. The van der Waals surface area contributed by atoms with E-state index in [0.29, 0.717) is 28.2 Å². The number of nitrogens with zero attached hydrogens (tertiary/aromatic N) is 1. The number of benzene rings is 3. The molecule has 3 aromatic carbocycles. The first-order valence-corrected chi connectivity index (χ1v) is 10.7. The predicted octanol–water partition coefficient (Wildman–Crippen LogP) is 5.47. The summed E-state index contributed by atoms with van der Waals surface area (Å²) in [4.78, 5) is 4.52. The molecule has 4 aromatic rings. The fraction of sp³-hybridized carbons (Fsp3) is 0.0455. The van der Waals surface area contributed by atoms with Gasteiger partial charge in [-0.25, -0.2) is 12.8 Å². The summed E-state index contributed by atoms with van der Waals surface area (Å²) in [6.45, 7) is 0.331. The van der Waals surface area contributed by atoms with E-state index in [9.17, 15) is 12.8 Å². The number of halogens is 2. The lowest BCUT2D eigenvalue weighted by Gasteiger charge is -2.15. The number of fused-ring (bicyclic) bond motifs is 1. The van der Waals surface area contributed by atoms with Crippen LogP contribution in [0.15, 0.2) is 88.8 Å². The first-order chi connectivity index (χ1) is 13.9. The third-order valence-electron chi connectivity index (χ3n) is 4.54. The van der Waals surface area contributed by atoms with Crippen molar-refractivity contribution in [3.63, 3.8) is 0 Å². The number of nitrogens with one attached hydrogen (secondary N) is 1. The van der Waals surface area contributed by atoms with E-state index < -0.39 is 9.84 Å². The fourth-order valence-corrected chi connectivity index (χ4v) is 4.56. The van der Waals surface area contributed by atoms with Crippen LogP contribution in [0.3, 0.4) is 0 Å². The largest absolute Gasteiger partial charge is 0.379 e. The van der Waals surface area contributed by atoms with Gasteiger partial charge in [0.05, 0.1) is 16.1 Å². The van der Waals surface area contributed by atoms with Gasteiger partial charge in [-0.1, -0.05) is 41.9 Å². The Hall–Kier alpha value is -2.96. The molecule has 0 amide bonds. The van der Waals surface area contributed by atoms with Gasteiger partial charge in [0.1, 0.15) is 10.7 Å². The minimum atomic E-state index is -3.83. The van der Waals surface area contributed by atoms with E-state index in [0.717, 1.165) is 5.56 Å². The zero-order valence-electron chi connectivity index (χ0n) is 15.1. The number of hydrogen-bond acceptors (Lipinski definition) is 4. The highest BCUT2D eigenvalue weighted by molar-refractivity contribution is 7.91. The zero-order chi connectivity index (χ0) is 20.4. The molecule has 1 heterocycles. The number of sulfone groups is 1. The van der Waals surface area contributed by atoms with E-state index in [2.05, 4.69) is 10.3 Å². The molecule has 146 valence electrons. The number of pyridine rings is 1. The smallest absolute Gasteiger partial charge is 0.210 e. The van der Waals surface area contributed by atoms with Crippen molar-refractivity contribution < 1.29 is 12.8 Å². The molecular formula is C22H16ClFN2O2S. The minimum absolute atomic E-state index is 0.0700. The van der Waals surface area contributed by atoms with Crippen molar-refractivity contribution in [3.05, 3.63) is 95.4 Å². The highest BCUT2D eigenvalue weighted by Gasteiger charge is 2.23. The van der Waals surface area contributed by atoms with Gasteiger partial charge in [-0.3, -0.25) is 4.98 Å². The Labute approximate surface area is 172 Å². The number of aromatic nitrogens is 1. The van der Waals surface area contributed by atoms with Gasteiger partial charge in [-0.2, -0.15) is 0 Å². The number of hydrogen-bond donors (Lipinski definition) is 1. The number of para-hydroxylation sites is 1. The number of anilines is 1. The SMILES string of the molecule is O=S(=O)(c1ccc(Cl)cc1)c1cnc2ccccc2c1NCc1ccc(F)cc1. The van der Waals surface area contributed by atoms with Crippen LogP contribution in [-0.4, -0.2) is 13.4 Å². The lowest BCUT2D eigenvalue weighted by atomic mass is 10.1. The predicted molar refractivity (Wildman–Crippen MR) is 112 cm³/mol. The van der Waals surface area contributed by atoms with Crippen molar-refractivity contribution in [2.45, 2.75) is 16.3 Å². The van der Waals surface area contributed by atoms with Crippen molar-refractivity contribution in [3.8, 4) is 0 Å². The van der Waals surface area contributed by atoms with Gasteiger partial charge in [0, 0.05) is 23.2 Å². The third-order valence-corrected chi connectivity index (χ3v) is 6.57. The lowest BCUT2D eigenvalue weighted by molar-refractivity contribution is 0.596. The van der Waals surface area contributed by atoms with Crippen LogP contribution in [0, 0.1) is 5.82 Å². The Bertz CT molecular complexity index is 1270. The molecule has 0 aliphatic heterocycles. The molecule has 0 radical (unpaired) electrons. The molecule has 0 aliphatic carbocycles. The molecule has 0 fully saturated rings. The Morgan fingerprint density at radius 3 is 2.34 bits per heavy atom. The van der Waals surface area contributed by atoms with Crippen molar-refractivity contribution in [2.75, 3.05) is 5.32 Å². The van der Waals surface area contributed by atoms with Gasteiger partial charge >= 0.3 is 0 Å². The molecule has 0 aliphatic rings. The lowest BCUT2D eigenvalue weighted by Crippen LogP contribution is -2.09. The van der Waals surface area contributed by atoms with E-state index in [-0.39, 0.29) is 15.6 Å². The van der Waals surface area contributed by atoms with Crippen LogP contribution in [0.4, 0.5) is 10.1 Å². The molecule has 7 heteroatoms. The third kappa shape index (κ3) is 3.95. The van der Waals surface area contributed by atoms with E-state index in [1.807, 2.05) is 24.3 Å². The first-order valence-electron chi connectivity index (χ1n) is 8.82. The Kier molecular flexibility index (Phi) is 5.22. The van der Waals surface area contributed by atoms with Gasteiger partial charge in [0.15, 0.2) is 0 Å². The second kappa shape index (κ2) is 7.81. The maximum atomic E-state index is 13.3. The van der Waals surface area contributed by atoms with Crippen molar-refractivity contribution in [1.29, 1.82) is 0 Å². The fourth-order valence-electron chi connectivity index (χ4n) is 3.04. The Morgan fingerprint density at radius 1 is 0.931 bits per heavy atom. The monoisotopic (exact) mass is 426 g/mol. The standard InChI is InChI=1S/C22H16ClFN2O2S/c23-16-7-11-18(12-8-16)29(27,28)21-14-25-20-4-2-1-3-19(20)22(21)26-13-15-5-9-17(24)10-6-15/h1-12,14H,13H2,(H,25,26). The van der Waals surface area contributed by atoms with Crippen molar-refractivity contribution >= 4 is 38.0 Å². The van der Waals surface area contributed by atoms with Crippen molar-refractivity contribution in [1.82, 2.24) is 4.98 Å². The molecule has 1 N–H and O–H groups in total. The van der Waals surface area contributed by atoms with Crippen LogP contribution < -0.4 is 5.32 Å². The number of rotatable bonds is 5. The second-order valence-corrected chi connectivity index (χ2v) is 8.81. The molecule has 0 bridgehead atoms. The quantitative estimate of drug-likeness (QED) is 0.459. The van der Waals surface area contributed by atoms with Crippen LogP contribution in [0.5, 0.6) is 0 Å². The second-order valence-electron chi connectivity index (χ2n) is 6.45. The summed E-state index contributed by atoms with van der Waals surface area (Å²) >= 11 is 5.90. The van der Waals surface area contributed by atoms with Gasteiger partial charge in [0.25, 0.3) is 0 Å². The van der Waals surface area contributed by atoms with Gasteiger partial charge in [-0.15, -0.1) is 0 Å². The van der Waals surface area contributed by atoms with Crippen molar-refractivity contribution in [2.24, 2.45) is 0 Å². The normalized spacial score (nSPS) is 11.5. The summed E-state index contributed by atoms with van der Waals surface area (Å²) in [6, 6.07) is 19.3. The van der Waals surface area contributed by atoms with E-state index in [1.54, 1.807) is 12.1 Å². The first kappa shape index (κ1) is 19.4. The topological polar surface area (TPSA) is 59.1 Å². The molecule has 1 aromatic heterocycles. The summed E-state index contributed by atoms with van der Waals surface area (Å²) < 4.78 is 39.8. The summed E-state index contributed by atoms with van der Waals surface area (Å²) in [5.74, 6) is -0.325. The van der Waals surface area contributed by atoms with Crippen LogP contribution in [0.2, 0.25) is 5.02 Å². The minimum Gasteiger partial charge on any atom is -0.379 e. The summed E-state index contributed by atoms with van der Waals surface area (Å²) in [5.41, 5.74) is 1.95. The Balaban J connectivity index is 1.82. The van der Waals surface area contributed by atoms with E-state index in [1.165, 1.54) is 42.6 Å². The highest BCUT2D eigenvalue weighted by Crippen LogP contribution is 2.33. The van der Waals surface area contributed by atoms with Gasteiger partial charge in [0.2, 0.25) is 9.84 Å². The molecule has 4 nitrogen and oxygen atoms in total. The summed E-state index contributed by atoms with van der Waals surface area (Å²) in [6.07, 6.45) is 1.36.